The first-order valence-electron chi connectivity index (χ1n) is 10.8. The van der Waals surface area contributed by atoms with Gasteiger partial charge in [0.1, 0.15) is 5.82 Å². The van der Waals surface area contributed by atoms with Crippen LogP contribution in [0, 0.1) is 6.92 Å². The average Bonchev–Trinajstić information content (AvgIpc) is 2.80. The highest BCUT2D eigenvalue weighted by Gasteiger charge is 2.21. The minimum Gasteiger partial charge on any atom is -0.378 e. The van der Waals surface area contributed by atoms with Crippen LogP contribution in [0.4, 0.5) is 11.5 Å². The highest BCUT2D eigenvalue weighted by Crippen LogP contribution is 2.19. The molecule has 0 saturated carbocycles. The van der Waals surface area contributed by atoms with E-state index in [0.717, 1.165) is 51.6 Å². The van der Waals surface area contributed by atoms with Gasteiger partial charge in [-0.15, -0.1) is 0 Å². The van der Waals surface area contributed by atoms with Crippen LogP contribution in [-0.2, 0) is 4.74 Å². The molecule has 2 aliphatic rings. The van der Waals surface area contributed by atoms with E-state index in [1.807, 2.05) is 12.1 Å². The fraction of sp³-hybridized carbons (Fsp3) is 0.478. The smallest absolute Gasteiger partial charge is 0.255 e. The third-order valence-corrected chi connectivity index (χ3v) is 5.79. The normalized spacial score (nSPS) is 17.8. The number of nitrogens with one attached hydrogen (secondary N) is 1. The van der Waals surface area contributed by atoms with Crippen molar-refractivity contribution in [3.05, 3.63) is 53.7 Å². The van der Waals surface area contributed by atoms with E-state index >= 15 is 0 Å². The van der Waals surface area contributed by atoms with Crippen LogP contribution in [0.5, 0.6) is 0 Å². The van der Waals surface area contributed by atoms with Crippen molar-refractivity contribution in [1.82, 2.24) is 15.2 Å². The molecule has 30 heavy (non-hydrogen) atoms. The van der Waals surface area contributed by atoms with E-state index < -0.39 is 0 Å². The molecule has 3 heterocycles. The predicted octanol–water partition coefficient (Wildman–Crippen LogP) is 1.78. The molecule has 1 amide bonds. The van der Waals surface area contributed by atoms with Crippen LogP contribution in [0.2, 0.25) is 0 Å². The standard InChI is InChI=1S/C23H31N5O2/c1-19-4-2-5-20(18-19)27-12-10-26(11-13-27)9-8-25-23(29)21-6-3-7-24-22(21)28-14-16-30-17-15-28/h2-7,18H,8-17H2,1H3,(H,25,29). The lowest BCUT2D eigenvalue weighted by molar-refractivity contribution is 0.0946. The van der Waals surface area contributed by atoms with Gasteiger partial charge in [0.15, 0.2) is 0 Å². The molecule has 1 N–H and O–H groups in total. The molecule has 2 fully saturated rings. The van der Waals surface area contributed by atoms with Gasteiger partial charge in [-0.3, -0.25) is 9.69 Å². The molecule has 2 saturated heterocycles. The van der Waals surface area contributed by atoms with Gasteiger partial charge in [0.25, 0.3) is 5.91 Å². The molecule has 7 heteroatoms. The quantitative estimate of drug-likeness (QED) is 0.785. The first-order valence-corrected chi connectivity index (χ1v) is 10.8. The molecule has 4 rings (SSSR count). The van der Waals surface area contributed by atoms with Gasteiger partial charge < -0.3 is 19.9 Å². The van der Waals surface area contributed by atoms with E-state index in [1.165, 1.54) is 11.3 Å². The summed E-state index contributed by atoms with van der Waals surface area (Å²) in [5.41, 5.74) is 3.24. The number of piperazine rings is 1. The Morgan fingerprint density at radius 1 is 1.03 bits per heavy atom. The van der Waals surface area contributed by atoms with Crippen LogP contribution in [-0.4, -0.2) is 81.4 Å². The first-order chi connectivity index (χ1) is 14.7. The van der Waals surface area contributed by atoms with Crippen LogP contribution in [0.1, 0.15) is 15.9 Å². The van der Waals surface area contributed by atoms with Gasteiger partial charge in [-0.1, -0.05) is 12.1 Å². The number of nitrogens with zero attached hydrogens (tertiary/aromatic N) is 4. The molecule has 0 atom stereocenters. The molecule has 0 bridgehead atoms. The number of anilines is 2. The minimum atomic E-state index is -0.0528. The molecule has 1 aromatic heterocycles. The maximum atomic E-state index is 12.8. The molecular formula is C23H31N5O2. The molecule has 2 aromatic rings. The van der Waals surface area contributed by atoms with Crippen LogP contribution >= 0.6 is 0 Å². The summed E-state index contributed by atoms with van der Waals surface area (Å²) in [4.78, 5) is 24.2. The van der Waals surface area contributed by atoms with Gasteiger partial charge in [0, 0.05) is 64.2 Å². The number of pyridine rings is 1. The number of hydrogen-bond acceptors (Lipinski definition) is 6. The Labute approximate surface area is 178 Å². The Kier molecular flexibility index (Phi) is 6.81. The summed E-state index contributed by atoms with van der Waals surface area (Å²) in [5, 5.41) is 3.08. The lowest BCUT2D eigenvalue weighted by Gasteiger charge is -2.36. The summed E-state index contributed by atoms with van der Waals surface area (Å²) < 4.78 is 5.42. The topological polar surface area (TPSA) is 60.9 Å². The largest absolute Gasteiger partial charge is 0.378 e. The number of ether oxygens (including phenoxy) is 1. The maximum absolute atomic E-state index is 12.8. The Balaban J connectivity index is 1.25. The van der Waals surface area contributed by atoms with Crippen LogP contribution in [0.25, 0.3) is 0 Å². The molecular weight excluding hydrogens is 378 g/mol. The van der Waals surface area contributed by atoms with Gasteiger partial charge in [-0.2, -0.15) is 0 Å². The zero-order chi connectivity index (χ0) is 20.8. The molecule has 0 aliphatic carbocycles. The first kappa shape index (κ1) is 20.6. The number of morpholine rings is 1. The summed E-state index contributed by atoms with van der Waals surface area (Å²) >= 11 is 0. The summed E-state index contributed by atoms with van der Waals surface area (Å²) in [6.07, 6.45) is 1.75. The lowest BCUT2D eigenvalue weighted by Crippen LogP contribution is -2.48. The Hall–Kier alpha value is -2.64. The van der Waals surface area contributed by atoms with Gasteiger partial charge >= 0.3 is 0 Å². The van der Waals surface area contributed by atoms with Gasteiger partial charge in [0.2, 0.25) is 0 Å². The number of carbonyl (C=O) groups is 1. The minimum absolute atomic E-state index is 0.0528. The van der Waals surface area contributed by atoms with Crippen molar-refractivity contribution in [3.63, 3.8) is 0 Å². The molecule has 160 valence electrons. The number of aromatic nitrogens is 1. The van der Waals surface area contributed by atoms with E-state index in [9.17, 15) is 4.79 Å². The van der Waals surface area contributed by atoms with Crippen molar-refractivity contribution in [2.24, 2.45) is 0 Å². The van der Waals surface area contributed by atoms with E-state index in [0.29, 0.717) is 25.3 Å². The molecule has 1 aromatic carbocycles. The second kappa shape index (κ2) is 9.91. The molecule has 0 radical (unpaired) electrons. The van der Waals surface area contributed by atoms with E-state index in [4.69, 9.17) is 4.74 Å². The van der Waals surface area contributed by atoms with Gasteiger partial charge in [-0.05, 0) is 36.8 Å². The highest BCUT2D eigenvalue weighted by atomic mass is 16.5. The Bertz CT molecular complexity index is 845. The van der Waals surface area contributed by atoms with Crippen LogP contribution in [0.3, 0.4) is 0 Å². The second-order valence-electron chi connectivity index (χ2n) is 7.90. The molecule has 0 unspecified atom stereocenters. The molecule has 7 nitrogen and oxygen atoms in total. The monoisotopic (exact) mass is 409 g/mol. The zero-order valence-electron chi connectivity index (χ0n) is 17.7. The fourth-order valence-electron chi connectivity index (χ4n) is 4.08. The average molecular weight is 410 g/mol. The predicted molar refractivity (Wildman–Crippen MR) is 119 cm³/mol. The number of carbonyl (C=O) groups excluding carboxylic acids is 1. The summed E-state index contributed by atoms with van der Waals surface area (Å²) in [7, 11) is 0. The Morgan fingerprint density at radius 3 is 2.60 bits per heavy atom. The zero-order valence-corrected chi connectivity index (χ0v) is 17.7. The second-order valence-corrected chi connectivity index (χ2v) is 7.90. The summed E-state index contributed by atoms with van der Waals surface area (Å²) in [6.45, 7) is 10.6. The highest BCUT2D eigenvalue weighted by molar-refractivity contribution is 5.98. The van der Waals surface area contributed by atoms with Crippen LogP contribution < -0.4 is 15.1 Å². The Morgan fingerprint density at radius 2 is 1.83 bits per heavy atom. The van der Waals surface area contributed by atoms with Crippen molar-refractivity contribution < 1.29 is 9.53 Å². The van der Waals surface area contributed by atoms with E-state index in [1.54, 1.807) is 6.20 Å². The van der Waals surface area contributed by atoms with E-state index in [2.05, 4.69) is 56.2 Å². The number of rotatable bonds is 6. The van der Waals surface area contributed by atoms with Crippen LogP contribution in [0.15, 0.2) is 42.6 Å². The van der Waals surface area contributed by atoms with E-state index in [-0.39, 0.29) is 5.91 Å². The maximum Gasteiger partial charge on any atom is 0.255 e. The number of amides is 1. The molecule has 0 spiro atoms. The van der Waals surface area contributed by atoms with Crippen molar-refractivity contribution in [2.75, 3.05) is 75.4 Å². The number of hydrogen-bond donors (Lipinski definition) is 1. The van der Waals surface area contributed by atoms with Crippen molar-refractivity contribution in [2.45, 2.75) is 6.92 Å². The third kappa shape index (κ3) is 5.09. The molecule has 2 aliphatic heterocycles. The SMILES string of the molecule is Cc1cccc(N2CCN(CCNC(=O)c3cccnc3N3CCOCC3)CC2)c1. The number of aryl methyl sites for hydroxylation is 1. The third-order valence-electron chi connectivity index (χ3n) is 5.79. The van der Waals surface area contributed by atoms with Gasteiger partial charge in [0.05, 0.1) is 18.8 Å². The summed E-state index contributed by atoms with van der Waals surface area (Å²) in [6, 6.07) is 12.4. The van der Waals surface area contributed by atoms with Crippen molar-refractivity contribution in [1.29, 1.82) is 0 Å². The summed E-state index contributed by atoms with van der Waals surface area (Å²) in [5.74, 6) is 0.702. The lowest BCUT2D eigenvalue weighted by atomic mass is 10.2. The van der Waals surface area contributed by atoms with Gasteiger partial charge in [-0.25, -0.2) is 4.98 Å². The fourth-order valence-corrected chi connectivity index (χ4v) is 4.08. The van der Waals surface area contributed by atoms with Crippen molar-refractivity contribution in [3.8, 4) is 0 Å². The number of benzene rings is 1. The van der Waals surface area contributed by atoms with Crippen molar-refractivity contribution >= 4 is 17.4 Å².